The molecule has 1 aromatic rings. The van der Waals surface area contributed by atoms with Gasteiger partial charge >= 0.3 is 6.09 Å². The second-order valence-electron chi connectivity index (χ2n) is 4.65. The molecular weight excluding hydrogens is 242 g/mol. The predicted octanol–water partition coefficient (Wildman–Crippen LogP) is 3.03. The van der Waals surface area contributed by atoms with E-state index in [2.05, 4.69) is 15.2 Å². The Labute approximate surface area is 114 Å². The summed E-state index contributed by atoms with van der Waals surface area (Å²) in [5.41, 5.74) is 0.664. The number of carbonyl (C=O) groups excluding carboxylic acids is 1. The second kappa shape index (κ2) is 6.97. The van der Waals surface area contributed by atoms with E-state index in [1.165, 1.54) is 25.7 Å². The zero-order valence-electron chi connectivity index (χ0n) is 11.4. The van der Waals surface area contributed by atoms with Crippen molar-refractivity contribution in [2.24, 2.45) is 0 Å². The summed E-state index contributed by atoms with van der Waals surface area (Å²) in [6.07, 6.45) is 6.30. The van der Waals surface area contributed by atoms with Crippen molar-refractivity contribution >= 4 is 17.6 Å². The zero-order valence-corrected chi connectivity index (χ0v) is 11.4. The first kappa shape index (κ1) is 13.6. The maximum atomic E-state index is 11.3. The van der Waals surface area contributed by atoms with E-state index in [-0.39, 0.29) is 0 Å². The van der Waals surface area contributed by atoms with E-state index < -0.39 is 6.09 Å². The Bertz CT molecular complexity index is 398. The summed E-state index contributed by atoms with van der Waals surface area (Å²) < 4.78 is 4.82. The molecule has 1 aliphatic rings. The topological polar surface area (TPSA) is 54.5 Å². The highest BCUT2D eigenvalue weighted by molar-refractivity contribution is 5.84. The van der Waals surface area contributed by atoms with Crippen molar-refractivity contribution in [3.63, 3.8) is 0 Å². The van der Waals surface area contributed by atoms with Crippen molar-refractivity contribution in [2.75, 3.05) is 29.9 Å². The third-order valence-corrected chi connectivity index (χ3v) is 3.20. The number of ether oxygens (including phenoxy) is 1. The first-order chi connectivity index (χ1) is 9.29. The molecule has 1 fully saturated rings. The molecule has 0 saturated carbocycles. The average molecular weight is 263 g/mol. The number of anilines is 2. The molecule has 0 aromatic carbocycles. The van der Waals surface area contributed by atoms with Crippen LogP contribution in [0.1, 0.15) is 32.6 Å². The molecule has 1 N–H and O–H groups in total. The largest absolute Gasteiger partial charge is 0.450 e. The van der Waals surface area contributed by atoms with Crippen LogP contribution in [0.3, 0.4) is 0 Å². The van der Waals surface area contributed by atoms with Crippen LogP contribution in [0.15, 0.2) is 18.3 Å². The van der Waals surface area contributed by atoms with Crippen molar-refractivity contribution in [2.45, 2.75) is 32.6 Å². The van der Waals surface area contributed by atoms with Crippen molar-refractivity contribution in [1.82, 2.24) is 4.98 Å². The first-order valence-corrected chi connectivity index (χ1v) is 6.94. The third kappa shape index (κ3) is 4.12. The molecule has 0 radical (unpaired) electrons. The Morgan fingerprint density at radius 2 is 2.05 bits per heavy atom. The lowest BCUT2D eigenvalue weighted by atomic mass is 10.2. The molecule has 5 nitrogen and oxygen atoms in total. The van der Waals surface area contributed by atoms with Gasteiger partial charge in [-0.05, 0) is 31.9 Å². The Morgan fingerprint density at radius 1 is 1.32 bits per heavy atom. The second-order valence-corrected chi connectivity index (χ2v) is 4.65. The van der Waals surface area contributed by atoms with Gasteiger partial charge in [-0.3, -0.25) is 5.32 Å². The van der Waals surface area contributed by atoms with E-state index >= 15 is 0 Å². The van der Waals surface area contributed by atoms with Crippen molar-refractivity contribution in [3.05, 3.63) is 18.3 Å². The minimum Gasteiger partial charge on any atom is -0.450 e. The molecule has 0 aliphatic carbocycles. The third-order valence-electron chi connectivity index (χ3n) is 3.20. The van der Waals surface area contributed by atoms with E-state index in [0.717, 1.165) is 18.9 Å². The van der Waals surface area contributed by atoms with Gasteiger partial charge < -0.3 is 9.64 Å². The summed E-state index contributed by atoms with van der Waals surface area (Å²) in [6.45, 7) is 4.28. The van der Waals surface area contributed by atoms with Crippen LogP contribution in [0.5, 0.6) is 0 Å². The molecule has 0 unspecified atom stereocenters. The molecule has 19 heavy (non-hydrogen) atoms. The number of rotatable bonds is 3. The van der Waals surface area contributed by atoms with E-state index in [1.54, 1.807) is 13.1 Å². The quantitative estimate of drug-likeness (QED) is 0.910. The van der Waals surface area contributed by atoms with E-state index in [9.17, 15) is 4.79 Å². The van der Waals surface area contributed by atoms with Crippen molar-refractivity contribution in [3.8, 4) is 0 Å². The van der Waals surface area contributed by atoms with Gasteiger partial charge in [0.25, 0.3) is 0 Å². The monoisotopic (exact) mass is 263 g/mol. The van der Waals surface area contributed by atoms with E-state index in [0.29, 0.717) is 12.3 Å². The van der Waals surface area contributed by atoms with Gasteiger partial charge in [0.05, 0.1) is 18.5 Å². The number of hydrogen-bond donors (Lipinski definition) is 1. The average Bonchev–Trinajstić information content (AvgIpc) is 2.69. The fourth-order valence-corrected chi connectivity index (χ4v) is 2.23. The standard InChI is InChI=1S/C14H21N3O2/c1-2-19-14(18)16-12-7-8-13(15-11-12)17-9-5-3-4-6-10-17/h7-8,11H,2-6,9-10H2,1H3,(H,16,18). The van der Waals surface area contributed by atoms with Crippen LogP contribution in [-0.2, 0) is 4.74 Å². The van der Waals surface area contributed by atoms with Crippen LogP contribution in [-0.4, -0.2) is 30.8 Å². The van der Waals surface area contributed by atoms with Gasteiger partial charge in [-0.25, -0.2) is 9.78 Å². The molecule has 1 aromatic heterocycles. The van der Waals surface area contributed by atoms with E-state index in [1.807, 2.05) is 12.1 Å². The molecule has 2 rings (SSSR count). The van der Waals surface area contributed by atoms with Gasteiger partial charge in [0, 0.05) is 13.1 Å². The predicted molar refractivity (Wildman–Crippen MR) is 75.6 cm³/mol. The van der Waals surface area contributed by atoms with Gasteiger partial charge in [-0.2, -0.15) is 0 Å². The fourth-order valence-electron chi connectivity index (χ4n) is 2.23. The highest BCUT2D eigenvalue weighted by Gasteiger charge is 2.11. The summed E-state index contributed by atoms with van der Waals surface area (Å²) in [4.78, 5) is 18.0. The summed E-state index contributed by atoms with van der Waals surface area (Å²) >= 11 is 0. The molecule has 1 aliphatic heterocycles. The minimum absolute atomic E-state index is 0.366. The molecule has 2 heterocycles. The highest BCUT2D eigenvalue weighted by atomic mass is 16.5. The van der Waals surface area contributed by atoms with Crippen LogP contribution in [0.4, 0.5) is 16.3 Å². The summed E-state index contributed by atoms with van der Waals surface area (Å²) in [7, 11) is 0. The molecule has 1 saturated heterocycles. The molecule has 104 valence electrons. The van der Waals surface area contributed by atoms with Crippen LogP contribution in [0.25, 0.3) is 0 Å². The fraction of sp³-hybridized carbons (Fsp3) is 0.571. The molecule has 0 atom stereocenters. The summed E-state index contributed by atoms with van der Waals surface area (Å²) in [6, 6.07) is 3.82. The Hall–Kier alpha value is -1.78. The number of carbonyl (C=O) groups is 1. The van der Waals surface area contributed by atoms with Gasteiger partial charge in [-0.15, -0.1) is 0 Å². The Balaban J connectivity index is 1.95. The number of aromatic nitrogens is 1. The Morgan fingerprint density at radius 3 is 2.63 bits per heavy atom. The lowest BCUT2D eigenvalue weighted by Gasteiger charge is -2.21. The number of nitrogens with zero attached hydrogens (tertiary/aromatic N) is 2. The maximum Gasteiger partial charge on any atom is 0.411 e. The molecule has 1 amide bonds. The SMILES string of the molecule is CCOC(=O)Nc1ccc(N2CCCCCC2)nc1. The van der Waals surface area contributed by atoms with Crippen LogP contribution in [0.2, 0.25) is 0 Å². The summed E-state index contributed by atoms with van der Waals surface area (Å²) in [5.74, 6) is 0.983. The van der Waals surface area contributed by atoms with Crippen LogP contribution < -0.4 is 10.2 Å². The van der Waals surface area contributed by atoms with Crippen LogP contribution >= 0.6 is 0 Å². The van der Waals surface area contributed by atoms with Gasteiger partial charge in [0.15, 0.2) is 0 Å². The normalized spacial score (nSPS) is 15.7. The number of pyridine rings is 1. The highest BCUT2D eigenvalue weighted by Crippen LogP contribution is 2.18. The number of nitrogens with one attached hydrogen (secondary N) is 1. The van der Waals surface area contributed by atoms with Gasteiger partial charge in [0.1, 0.15) is 5.82 Å². The number of hydrogen-bond acceptors (Lipinski definition) is 4. The molecule has 0 bridgehead atoms. The van der Waals surface area contributed by atoms with Crippen molar-refractivity contribution < 1.29 is 9.53 Å². The van der Waals surface area contributed by atoms with Crippen molar-refractivity contribution in [1.29, 1.82) is 0 Å². The lowest BCUT2D eigenvalue weighted by Crippen LogP contribution is -2.24. The zero-order chi connectivity index (χ0) is 13.5. The molecule has 5 heteroatoms. The Kier molecular flexibility index (Phi) is 5.01. The van der Waals surface area contributed by atoms with Crippen LogP contribution in [0, 0.1) is 0 Å². The number of amides is 1. The smallest absolute Gasteiger partial charge is 0.411 e. The summed E-state index contributed by atoms with van der Waals surface area (Å²) in [5, 5.41) is 2.64. The lowest BCUT2D eigenvalue weighted by molar-refractivity contribution is 0.168. The van der Waals surface area contributed by atoms with Gasteiger partial charge in [0.2, 0.25) is 0 Å². The first-order valence-electron chi connectivity index (χ1n) is 6.94. The maximum absolute atomic E-state index is 11.3. The molecule has 0 spiro atoms. The minimum atomic E-state index is -0.438. The van der Waals surface area contributed by atoms with Gasteiger partial charge in [-0.1, -0.05) is 12.8 Å². The molecular formula is C14H21N3O2. The van der Waals surface area contributed by atoms with E-state index in [4.69, 9.17) is 4.74 Å².